The molecule has 2 fully saturated rings. The van der Waals surface area contributed by atoms with Crippen molar-refractivity contribution in [3.8, 4) is 0 Å². The molecule has 2 aliphatic rings. The molecule has 0 aliphatic carbocycles. The normalized spacial score (nSPS) is 36.0. The Morgan fingerprint density at radius 1 is 1.12 bits per heavy atom. The van der Waals surface area contributed by atoms with Gasteiger partial charge >= 0.3 is 0 Å². The molecule has 0 aromatic heterocycles. The first-order valence-corrected chi connectivity index (χ1v) is 7.70. The van der Waals surface area contributed by atoms with E-state index in [1.165, 1.54) is 64.7 Å². The molecule has 2 saturated heterocycles. The Hall–Kier alpha value is -0.0800. The van der Waals surface area contributed by atoms with Crippen LogP contribution in [0.4, 0.5) is 0 Å². The maximum absolute atomic E-state index is 3.66. The van der Waals surface area contributed by atoms with Gasteiger partial charge in [0, 0.05) is 19.1 Å². The summed E-state index contributed by atoms with van der Waals surface area (Å²) in [4.78, 5) is 2.70. The molecule has 2 heterocycles. The molecule has 100 valence electrons. The summed E-state index contributed by atoms with van der Waals surface area (Å²) in [6, 6.07) is 0.823. The van der Waals surface area contributed by atoms with Gasteiger partial charge < -0.3 is 10.2 Å². The topological polar surface area (TPSA) is 15.3 Å². The maximum Gasteiger partial charge on any atom is 0.00675 e. The number of hydrogen-bond acceptors (Lipinski definition) is 2. The number of hydrogen-bond donors (Lipinski definition) is 1. The zero-order valence-electron chi connectivity index (χ0n) is 11.8. The lowest BCUT2D eigenvalue weighted by Crippen LogP contribution is -2.40. The summed E-state index contributed by atoms with van der Waals surface area (Å²) < 4.78 is 0. The highest BCUT2D eigenvalue weighted by atomic mass is 15.1. The Morgan fingerprint density at radius 2 is 1.88 bits per heavy atom. The standard InChI is InChI=1S/C15H30N2/c1-13-10-14(2)12-17(11-13)9-5-7-15-6-3-4-8-16-15/h13-16H,3-12H2,1-2H3. The third kappa shape index (κ3) is 4.59. The second kappa shape index (κ2) is 6.75. The third-order valence-electron chi connectivity index (χ3n) is 4.38. The van der Waals surface area contributed by atoms with E-state index in [2.05, 4.69) is 24.1 Å². The van der Waals surface area contributed by atoms with E-state index in [0.29, 0.717) is 0 Å². The summed E-state index contributed by atoms with van der Waals surface area (Å²) in [5, 5.41) is 3.66. The van der Waals surface area contributed by atoms with Gasteiger partial charge in [-0.3, -0.25) is 0 Å². The second-order valence-corrected chi connectivity index (χ2v) is 6.49. The van der Waals surface area contributed by atoms with Crippen LogP contribution in [-0.2, 0) is 0 Å². The monoisotopic (exact) mass is 238 g/mol. The molecule has 0 amide bonds. The van der Waals surface area contributed by atoms with Gasteiger partial charge in [-0.05, 0) is 57.0 Å². The molecular weight excluding hydrogens is 208 g/mol. The highest BCUT2D eigenvalue weighted by Gasteiger charge is 2.21. The van der Waals surface area contributed by atoms with Crippen molar-refractivity contribution >= 4 is 0 Å². The van der Waals surface area contributed by atoms with Crippen LogP contribution in [0.15, 0.2) is 0 Å². The van der Waals surface area contributed by atoms with Gasteiger partial charge in [-0.15, -0.1) is 0 Å². The lowest BCUT2D eigenvalue weighted by atomic mass is 9.91. The fourth-order valence-corrected chi connectivity index (χ4v) is 3.71. The van der Waals surface area contributed by atoms with Crippen molar-refractivity contribution in [1.29, 1.82) is 0 Å². The summed E-state index contributed by atoms with van der Waals surface area (Å²) in [6.45, 7) is 10.1. The average molecular weight is 238 g/mol. The van der Waals surface area contributed by atoms with Crippen LogP contribution in [0.3, 0.4) is 0 Å². The van der Waals surface area contributed by atoms with Crippen molar-refractivity contribution in [1.82, 2.24) is 10.2 Å². The van der Waals surface area contributed by atoms with E-state index in [4.69, 9.17) is 0 Å². The van der Waals surface area contributed by atoms with Gasteiger partial charge in [-0.25, -0.2) is 0 Å². The molecule has 0 aromatic rings. The van der Waals surface area contributed by atoms with Crippen molar-refractivity contribution in [2.75, 3.05) is 26.2 Å². The Morgan fingerprint density at radius 3 is 2.53 bits per heavy atom. The minimum atomic E-state index is 0.823. The van der Waals surface area contributed by atoms with Gasteiger partial charge in [0.05, 0.1) is 0 Å². The molecule has 2 nitrogen and oxygen atoms in total. The Labute approximate surface area is 107 Å². The van der Waals surface area contributed by atoms with E-state index in [9.17, 15) is 0 Å². The fraction of sp³-hybridized carbons (Fsp3) is 1.00. The second-order valence-electron chi connectivity index (χ2n) is 6.49. The largest absolute Gasteiger partial charge is 0.314 e. The Balaban J connectivity index is 1.60. The average Bonchev–Trinajstić information content (AvgIpc) is 2.29. The van der Waals surface area contributed by atoms with Crippen LogP contribution in [0.25, 0.3) is 0 Å². The first-order valence-electron chi connectivity index (χ1n) is 7.70. The van der Waals surface area contributed by atoms with Crippen molar-refractivity contribution < 1.29 is 0 Å². The Kier molecular flexibility index (Phi) is 5.30. The van der Waals surface area contributed by atoms with Crippen LogP contribution >= 0.6 is 0 Å². The number of piperidine rings is 2. The molecule has 1 N–H and O–H groups in total. The summed E-state index contributed by atoms with van der Waals surface area (Å²) in [5.74, 6) is 1.82. The van der Waals surface area contributed by atoms with E-state index in [1.807, 2.05) is 0 Å². The van der Waals surface area contributed by atoms with Gasteiger partial charge in [0.15, 0.2) is 0 Å². The van der Waals surface area contributed by atoms with Crippen LogP contribution in [0, 0.1) is 11.8 Å². The molecular formula is C15H30N2. The number of likely N-dealkylation sites (tertiary alicyclic amines) is 1. The lowest BCUT2D eigenvalue weighted by Gasteiger charge is -2.35. The number of nitrogens with zero attached hydrogens (tertiary/aromatic N) is 1. The van der Waals surface area contributed by atoms with Crippen LogP contribution in [0.2, 0.25) is 0 Å². The maximum atomic E-state index is 3.66. The predicted octanol–water partition coefficient (Wildman–Crippen LogP) is 2.89. The van der Waals surface area contributed by atoms with Gasteiger partial charge in [0.25, 0.3) is 0 Å². The molecule has 3 atom stereocenters. The molecule has 0 saturated carbocycles. The quantitative estimate of drug-likeness (QED) is 0.810. The first-order chi connectivity index (χ1) is 8.24. The third-order valence-corrected chi connectivity index (χ3v) is 4.38. The highest BCUT2D eigenvalue weighted by Crippen LogP contribution is 2.21. The van der Waals surface area contributed by atoms with Crippen LogP contribution < -0.4 is 5.32 Å². The summed E-state index contributed by atoms with van der Waals surface area (Å²) in [7, 11) is 0. The van der Waals surface area contributed by atoms with Gasteiger partial charge in [-0.2, -0.15) is 0 Å². The van der Waals surface area contributed by atoms with E-state index >= 15 is 0 Å². The smallest absolute Gasteiger partial charge is 0.00675 e. The van der Waals surface area contributed by atoms with Crippen molar-refractivity contribution in [3.05, 3.63) is 0 Å². The molecule has 0 bridgehead atoms. The summed E-state index contributed by atoms with van der Waals surface area (Å²) >= 11 is 0. The van der Waals surface area contributed by atoms with Gasteiger partial charge in [-0.1, -0.05) is 20.3 Å². The number of rotatable bonds is 4. The van der Waals surface area contributed by atoms with Gasteiger partial charge in [0.2, 0.25) is 0 Å². The molecule has 2 heteroatoms. The van der Waals surface area contributed by atoms with Crippen LogP contribution in [-0.4, -0.2) is 37.1 Å². The van der Waals surface area contributed by atoms with Crippen molar-refractivity contribution in [2.45, 2.75) is 58.4 Å². The summed E-state index contributed by atoms with van der Waals surface area (Å²) in [6.07, 6.45) is 8.44. The van der Waals surface area contributed by atoms with Crippen molar-refractivity contribution in [2.24, 2.45) is 11.8 Å². The molecule has 3 unspecified atom stereocenters. The Bertz CT molecular complexity index is 201. The SMILES string of the molecule is CC1CC(C)CN(CCCC2CCCCN2)C1. The van der Waals surface area contributed by atoms with Crippen LogP contribution in [0.1, 0.15) is 52.4 Å². The van der Waals surface area contributed by atoms with E-state index in [0.717, 1.165) is 17.9 Å². The highest BCUT2D eigenvalue weighted by molar-refractivity contribution is 4.76. The minimum absolute atomic E-state index is 0.823. The fourth-order valence-electron chi connectivity index (χ4n) is 3.71. The molecule has 17 heavy (non-hydrogen) atoms. The minimum Gasteiger partial charge on any atom is -0.314 e. The van der Waals surface area contributed by atoms with E-state index < -0.39 is 0 Å². The predicted molar refractivity (Wildman–Crippen MR) is 74.3 cm³/mol. The van der Waals surface area contributed by atoms with Crippen LogP contribution in [0.5, 0.6) is 0 Å². The van der Waals surface area contributed by atoms with E-state index in [1.54, 1.807) is 0 Å². The molecule has 0 spiro atoms. The first kappa shape index (κ1) is 13.4. The molecule has 2 rings (SSSR count). The zero-order valence-corrected chi connectivity index (χ0v) is 11.8. The number of nitrogens with one attached hydrogen (secondary N) is 1. The molecule has 2 aliphatic heterocycles. The van der Waals surface area contributed by atoms with E-state index in [-0.39, 0.29) is 0 Å². The molecule has 0 aromatic carbocycles. The van der Waals surface area contributed by atoms with Crippen molar-refractivity contribution in [3.63, 3.8) is 0 Å². The molecule has 0 radical (unpaired) electrons. The zero-order chi connectivity index (χ0) is 12.1. The lowest BCUT2D eigenvalue weighted by molar-refractivity contribution is 0.137. The summed E-state index contributed by atoms with van der Waals surface area (Å²) in [5.41, 5.74) is 0. The van der Waals surface area contributed by atoms with Gasteiger partial charge in [0.1, 0.15) is 0 Å².